The number of hydrogen-bond donors (Lipinski definition) is 0. The Bertz CT molecular complexity index is 1010. The normalized spacial score (nSPS) is 12.5. The number of ether oxygens (including phenoxy) is 3. The van der Waals surface area contributed by atoms with Crippen LogP contribution in [0.1, 0.15) is 34.3 Å². The van der Waals surface area contributed by atoms with Crippen LogP contribution < -0.4 is 14.4 Å². The smallest absolute Gasteiger partial charge is 0.338 e. The van der Waals surface area contributed by atoms with E-state index in [2.05, 4.69) is 0 Å². The number of benzene rings is 2. The summed E-state index contributed by atoms with van der Waals surface area (Å²) in [5, 5.41) is 9.19. The van der Waals surface area contributed by atoms with Gasteiger partial charge < -0.3 is 19.1 Å². The van der Waals surface area contributed by atoms with Crippen LogP contribution in [0.5, 0.6) is 11.5 Å². The van der Waals surface area contributed by atoms with Gasteiger partial charge in [-0.3, -0.25) is 4.79 Å². The van der Waals surface area contributed by atoms with E-state index in [1.165, 1.54) is 17.0 Å². The molecule has 1 amide bonds. The van der Waals surface area contributed by atoms with E-state index in [1.54, 1.807) is 0 Å². The average molecular weight is 443 g/mol. The van der Waals surface area contributed by atoms with E-state index < -0.39 is 18.5 Å². The highest BCUT2D eigenvalue weighted by Gasteiger charge is 2.22. The molecule has 0 aliphatic carbocycles. The molecule has 2 aromatic carbocycles. The highest BCUT2D eigenvalue weighted by molar-refractivity contribution is 6.32. The molecule has 1 aliphatic rings. The van der Waals surface area contributed by atoms with Gasteiger partial charge in [0, 0.05) is 18.7 Å². The Hall–Kier alpha value is -3.24. The van der Waals surface area contributed by atoms with Gasteiger partial charge in [0.15, 0.2) is 18.1 Å². The molecule has 1 aliphatic heterocycles. The van der Waals surface area contributed by atoms with Crippen molar-refractivity contribution in [1.82, 2.24) is 0 Å². The molecular weight excluding hydrogens is 420 g/mol. The van der Waals surface area contributed by atoms with Crippen LogP contribution >= 0.6 is 11.6 Å². The van der Waals surface area contributed by atoms with Gasteiger partial charge in [-0.05, 0) is 49.2 Å². The Morgan fingerprint density at radius 2 is 1.84 bits per heavy atom. The molecule has 0 saturated carbocycles. The number of carbonyl (C=O) groups is 2. The summed E-state index contributed by atoms with van der Waals surface area (Å²) < 4.78 is 16.4. The van der Waals surface area contributed by atoms with Crippen molar-refractivity contribution in [2.45, 2.75) is 26.7 Å². The molecule has 162 valence electrons. The second-order valence-corrected chi connectivity index (χ2v) is 7.62. The van der Waals surface area contributed by atoms with Crippen LogP contribution in [0.2, 0.25) is 5.02 Å². The Balaban J connectivity index is 1.73. The summed E-state index contributed by atoms with van der Waals surface area (Å²) in [6, 6.07) is 10.7. The highest BCUT2D eigenvalue weighted by Crippen LogP contribution is 2.38. The number of carbonyl (C=O) groups excluding carboxylic acids is 2. The lowest BCUT2D eigenvalue weighted by Crippen LogP contribution is -2.35. The van der Waals surface area contributed by atoms with Crippen LogP contribution in [-0.2, 0) is 9.53 Å². The summed E-state index contributed by atoms with van der Waals surface area (Å²) in [5.41, 5.74) is 2.80. The molecule has 0 saturated heterocycles. The largest absolute Gasteiger partial charge is 0.489 e. The number of esters is 1. The van der Waals surface area contributed by atoms with Crippen molar-refractivity contribution in [3.8, 4) is 17.6 Å². The Labute approximate surface area is 186 Å². The first-order chi connectivity index (χ1) is 14.9. The van der Waals surface area contributed by atoms with E-state index in [9.17, 15) is 9.59 Å². The first kappa shape index (κ1) is 22.4. The number of nitriles is 1. The van der Waals surface area contributed by atoms with Gasteiger partial charge in [-0.15, -0.1) is 0 Å². The molecular formula is C23H23ClN2O5. The molecule has 3 rings (SSSR count). The minimum Gasteiger partial charge on any atom is -0.489 e. The summed E-state index contributed by atoms with van der Waals surface area (Å²) >= 11 is 6.23. The molecule has 2 aromatic rings. The highest BCUT2D eigenvalue weighted by atomic mass is 35.5. The van der Waals surface area contributed by atoms with Gasteiger partial charge in [-0.1, -0.05) is 17.7 Å². The number of anilines is 1. The SMILES string of the molecule is Cc1cc(C)cc(N(CCC#N)C(=O)COC(=O)c2cc(Cl)c3c(c2)OCCCO3)c1. The first-order valence-electron chi connectivity index (χ1n) is 9.91. The maximum absolute atomic E-state index is 12.8. The lowest BCUT2D eigenvalue weighted by Gasteiger charge is -2.22. The maximum atomic E-state index is 12.8. The van der Waals surface area contributed by atoms with Crippen molar-refractivity contribution in [2.75, 3.05) is 31.3 Å². The lowest BCUT2D eigenvalue weighted by atomic mass is 10.1. The van der Waals surface area contributed by atoms with Crippen LogP contribution in [0.4, 0.5) is 5.69 Å². The summed E-state index contributed by atoms with van der Waals surface area (Å²) in [6.45, 7) is 4.51. The molecule has 1 heterocycles. The molecule has 0 N–H and O–H groups in total. The van der Waals surface area contributed by atoms with Gasteiger partial charge in [0.05, 0.1) is 36.3 Å². The minimum atomic E-state index is -0.702. The number of amides is 1. The van der Waals surface area contributed by atoms with Crippen LogP contribution in [-0.4, -0.2) is 38.2 Å². The number of fused-ring (bicyclic) bond motifs is 1. The molecule has 8 heteroatoms. The van der Waals surface area contributed by atoms with Crippen molar-refractivity contribution in [2.24, 2.45) is 0 Å². The maximum Gasteiger partial charge on any atom is 0.338 e. The van der Waals surface area contributed by atoms with E-state index >= 15 is 0 Å². The van der Waals surface area contributed by atoms with Crippen LogP contribution in [0.25, 0.3) is 0 Å². The fourth-order valence-electron chi connectivity index (χ4n) is 3.30. The molecule has 0 fully saturated rings. The molecule has 0 bridgehead atoms. The summed E-state index contributed by atoms with van der Waals surface area (Å²) in [7, 11) is 0. The number of halogens is 1. The van der Waals surface area contributed by atoms with Crippen molar-refractivity contribution in [3.63, 3.8) is 0 Å². The summed E-state index contributed by atoms with van der Waals surface area (Å²) in [4.78, 5) is 26.8. The third kappa shape index (κ3) is 5.68. The van der Waals surface area contributed by atoms with Crippen LogP contribution in [0.15, 0.2) is 30.3 Å². The Morgan fingerprint density at radius 1 is 1.13 bits per heavy atom. The third-order valence-corrected chi connectivity index (χ3v) is 4.91. The topological polar surface area (TPSA) is 88.9 Å². The predicted octanol–water partition coefficient (Wildman–Crippen LogP) is 4.22. The van der Waals surface area contributed by atoms with Crippen molar-refractivity contribution < 1.29 is 23.8 Å². The van der Waals surface area contributed by atoms with E-state index in [1.807, 2.05) is 38.1 Å². The van der Waals surface area contributed by atoms with E-state index in [-0.39, 0.29) is 23.6 Å². The van der Waals surface area contributed by atoms with Crippen LogP contribution in [0.3, 0.4) is 0 Å². The zero-order valence-electron chi connectivity index (χ0n) is 17.4. The van der Waals surface area contributed by atoms with Gasteiger partial charge in [0.1, 0.15) is 0 Å². The van der Waals surface area contributed by atoms with Gasteiger partial charge in [0.2, 0.25) is 0 Å². The van der Waals surface area contributed by atoms with E-state index in [4.69, 9.17) is 31.1 Å². The van der Waals surface area contributed by atoms with Gasteiger partial charge in [0.25, 0.3) is 5.91 Å². The molecule has 0 radical (unpaired) electrons. The molecule has 0 unspecified atom stereocenters. The van der Waals surface area contributed by atoms with E-state index in [0.29, 0.717) is 36.8 Å². The Morgan fingerprint density at radius 3 is 2.55 bits per heavy atom. The zero-order valence-corrected chi connectivity index (χ0v) is 18.2. The van der Waals surface area contributed by atoms with Crippen molar-refractivity contribution in [3.05, 3.63) is 52.0 Å². The third-order valence-electron chi connectivity index (χ3n) is 4.63. The monoisotopic (exact) mass is 442 g/mol. The zero-order chi connectivity index (χ0) is 22.4. The molecule has 0 atom stereocenters. The molecule has 7 nitrogen and oxygen atoms in total. The number of hydrogen-bond acceptors (Lipinski definition) is 6. The quantitative estimate of drug-likeness (QED) is 0.622. The van der Waals surface area contributed by atoms with Crippen molar-refractivity contribution in [1.29, 1.82) is 5.26 Å². The van der Waals surface area contributed by atoms with Crippen molar-refractivity contribution >= 4 is 29.2 Å². The number of aryl methyl sites for hydroxylation is 2. The fourth-order valence-corrected chi connectivity index (χ4v) is 3.57. The first-order valence-corrected chi connectivity index (χ1v) is 10.3. The van der Waals surface area contributed by atoms with Crippen LogP contribution in [0, 0.1) is 25.2 Å². The second kappa shape index (κ2) is 10.2. The molecule has 0 spiro atoms. The number of nitrogens with zero attached hydrogens (tertiary/aromatic N) is 2. The predicted molar refractivity (Wildman–Crippen MR) is 116 cm³/mol. The Kier molecular flexibility index (Phi) is 7.37. The fraction of sp³-hybridized carbons (Fsp3) is 0.348. The van der Waals surface area contributed by atoms with Gasteiger partial charge in [-0.25, -0.2) is 4.79 Å². The standard InChI is InChI=1S/C23H23ClN2O5/c1-15-9-16(2)11-18(10-15)26(6-3-5-25)21(27)14-31-23(28)17-12-19(24)22-20(13-17)29-7-4-8-30-22/h9-13H,3-4,6-8,14H2,1-2H3. The second-order valence-electron chi connectivity index (χ2n) is 7.21. The average Bonchev–Trinajstić information content (AvgIpc) is 2.97. The summed E-state index contributed by atoms with van der Waals surface area (Å²) in [5.74, 6) is -0.362. The lowest BCUT2D eigenvalue weighted by molar-refractivity contribution is -0.121. The number of rotatable bonds is 6. The van der Waals surface area contributed by atoms with Gasteiger partial charge >= 0.3 is 5.97 Å². The molecule has 0 aromatic heterocycles. The minimum absolute atomic E-state index is 0.157. The summed E-state index contributed by atoms with van der Waals surface area (Å²) in [6.07, 6.45) is 0.862. The molecule has 31 heavy (non-hydrogen) atoms. The van der Waals surface area contributed by atoms with Gasteiger partial charge in [-0.2, -0.15) is 5.26 Å². The van der Waals surface area contributed by atoms with E-state index in [0.717, 1.165) is 11.1 Å².